The Morgan fingerprint density at radius 2 is 2.00 bits per heavy atom. The maximum atomic E-state index is 11.8. The highest BCUT2D eigenvalue weighted by molar-refractivity contribution is 5.93. The van der Waals surface area contributed by atoms with Crippen LogP contribution in [0, 0.1) is 11.8 Å². The lowest BCUT2D eigenvalue weighted by Gasteiger charge is -2.11. The van der Waals surface area contributed by atoms with E-state index in [-0.39, 0.29) is 5.91 Å². The zero-order valence-corrected chi connectivity index (χ0v) is 10.1. The molecule has 0 atom stereocenters. The molecule has 0 bridgehead atoms. The quantitative estimate of drug-likeness (QED) is 0.753. The van der Waals surface area contributed by atoms with Gasteiger partial charge in [-0.15, -0.1) is 0 Å². The number of furan rings is 1. The summed E-state index contributed by atoms with van der Waals surface area (Å²) < 4.78 is 5.18. The van der Waals surface area contributed by atoms with Crippen molar-refractivity contribution in [3.05, 3.63) is 60.1 Å². The molecular formula is C15H13NO2. The molecule has 1 amide bonds. The van der Waals surface area contributed by atoms with Gasteiger partial charge < -0.3 is 9.32 Å². The van der Waals surface area contributed by atoms with E-state index in [0.717, 1.165) is 11.3 Å². The maximum Gasteiger partial charge on any atom is 0.298 e. The van der Waals surface area contributed by atoms with Gasteiger partial charge in [0, 0.05) is 18.5 Å². The zero-order chi connectivity index (χ0) is 12.8. The molecule has 1 heterocycles. The molecule has 0 saturated heterocycles. The normalized spacial score (nSPS) is 9.39. The fourth-order valence-corrected chi connectivity index (χ4v) is 1.45. The van der Waals surface area contributed by atoms with Crippen LogP contribution in [0.5, 0.6) is 0 Å². The van der Waals surface area contributed by atoms with Crippen LogP contribution in [0.4, 0.5) is 0 Å². The lowest BCUT2D eigenvalue weighted by Crippen LogP contribution is -2.24. The average Bonchev–Trinajstić information content (AvgIpc) is 2.90. The van der Waals surface area contributed by atoms with Crippen LogP contribution in [-0.4, -0.2) is 17.9 Å². The highest BCUT2D eigenvalue weighted by Gasteiger charge is 2.07. The van der Waals surface area contributed by atoms with Crippen molar-refractivity contribution in [2.45, 2.75) is 6.54 Å². The first-order valence-electron chi connectivity index (χ1n) is 5.60. The minimum Gasteiger partial charge on any atom is -0.467 e. The van der Waals surface area contributed by atoms with Gasteiger partial charge in [-0.25, -0.2) is 0 Å². The lowest BCUT2D eigenvalue weighted by molar-refractivity contribution is -0.124. The summed E-state index contributed by atoms with van der Waals surface area (Å²) in [5, 5.41) is 0. The highest BCUT2D eigenvalue weighted by Crippen LogP contribution is 2.03. The summed E-state index contributed by atoms with van der Waals surface area (Å²) >= 11 is 0. The van der Waals surface area contributed by atoms with E-state index in [1.54, 1.807) is 19.4 Å². The summed E-state index contributed by atoms with van der Waals surface area (Å²) in [6.07, 6.45) is 1.59. The summed E-state index contributed by atoms with van der Waals surface area (Å²) in [5.41, 5.74) is 0.831. The summed E-state index contributed by atoms with van der Waals surface area (Å²) in [7, 11) is 1.70. The van der Waals surface area contributed by atoms with Gasteiger partial charge in [0.05, 0.1) is 12.8 Å². The van der Waals surface area contributed by atoms with Crippen LogP contribution in [0.25, 0.3) is 0 Å². The van der Waals surface area contributed by atoms with E-state index in [0.29, 0.717) is 6.54 Å². The molecule has 0 aliphatic rings. The Hall–Kier alpha value is -2.47. The van der Waals surface area contributed by atoms with E-state index in [9.17, 15) is 4.79 Å². The van der Waals surface area contributed by atoms with Crippen LogP contribution in [0.3, 0.4) is 0 Å². The summed E-state index contributed by atoms with van der Waals surface area (Å²) in [5.74, 6) is 5.96. The number of rotatable bonds is 2. The molecule has 90 valence electrons. The van der Waals surface area contributed by atoms with Crippen molar-refractivity contribution in [2.75, 3.05) is 7.05 Å². The Morgan fingerprint density at radius 3 is 2.67 bits per heavy atom. The number of nitrogens with zero attached hydrogens (tertiary/aromatic N) is 1. The molecule has 0 saturated carbocycles. The minimum absolute atomic E-state index is 0.227. The second-order valence-electron chi connectivity index (χ2n) is 3.86. The van der Waals surface area contributed by atoms with Crippen LogP contribution in [-0.2, 0) is 11.3 Å². The molecule has 0 N–H and O–H groups in total. The Bertz CT molecular complexity index is 562. The maximum absolute atomic E-state index is 11.8. The van der Waals surface area contributed by atoms with E-state index in [2.05, 4.69) is 11.8 Å². The van der Waals surface area contributed by atoms with Gasteiger partial charge in [0.25, 0.3) is 5.91 Å². The molecule has 18 heavy (non-hydrogen) atoms. The molecule has 0 unspecified atom stereocenters. The highest BCUT2D eigenvalue weighted by atomic mass is 16.3. The smallest absolute Gasteiger partial charge is 0.298 e. The molecule has 2 rings (SSSR count). The number of hydrogen-bond donors (Lipinski definition) is 0. The van der Waals surface area contributed by atoms with Crippen molar-refractivity contribution in [3.8, 4) is 11.8 Å². The summed E-state index contributed by atoms with van der Waals surface area (Å²) in [6, 6.07) is 13.1. The molecule has 1 aromatic carbocycles. The largest absolute Gasteiger partial charge is 0.467 e. The molecule has 3 heteroatoms. The van der Waals surface area contributed by atoms with Gasteiger partial charge >= 0.3 is 0 Å². The van der Waals surface area contributed by atoms with Crippen molar-refractivity contribution in [1.82, 2.24) is 4.90 Å². The van der Waals surface area contributed by atoms with Crippen molar-refractivity contribution in [3.63, 3.8) is 0 Å². The summed E-state index contributed by atoms with van der Waals surface area (Å²) in [4.78, 5) is 13.3. The lowest BCUT2D eigenvalue weighted by atomic mass is 10.2. The topological polar surface area (TPSA) is 33.5 Å². The first-order valence-corrected chi connectivity index (χ1v) is 5.60. The van der Waals surface area contributed by atoms with Gasteiger partial charge in [0.1, 0.15) is 5.76 Å². The molecule has 0 aliphatic heterocycles. The number of benzene rings is 1. The minimum atomic E-state index is -0.227. The second-order valence-corrected chi connectivity index (χ2v) is 3.86. The standard InChI is InChI=1S/C15H13NO2/c1-16(12-14-8-5-11-18-14)15(17)10-9-13-6-3-2-4-7-13/h2-8,11H,12H2,1H3. The van der Waals surface area contributed by atoms with Crippen LogP contribution in [0.2, 0.25) is 0 Å². The van der Waals surface area contributed by atoms with Gasteiger partial charge in [0.2, 0.25) is 0 Å². The van der Waals surface area contributed by atoms with E-state index in [4.69, 9.17) is 4.42 Å². The monoisotopic (exact) mass is 239 g/mol. The second kappa shape index (κ2) is 5.74. The fraction of sp³-hybridized carbons (Fsp3) is 0.133. The molecule has 2 aromatic rings. The molecule has 0 fully saturated rings. The average molecular weight is 239 g/mol. The molecule has 0 aliphatic carbocycles. The van der Waals surface area contributed by atoms with Crippen molar-refractivity contribution in [1.29, 1.82) is 0 Å². The predicted molar refractivity (Wildman–Crippen MR) is 68.5 cm³/mol. The molecule has 0 radical (unpaired) electrons. The Balaban J connectivity index is 1.98. The Kier molecular flexibility index (Phi) is 3.83. The van der Waals surface area contributed by atoms with Gasteiger partial charge in [0.15, 0.2) is 0 Å². The van der Waals surface area contributed by atoms with E-state index >= 15 is 0 Å². The molecule has 3 nitrogen and oxygen atoms in total. The Morgan fingerprint density at radius 1 is 1.22 bits per heavy atom. The van der Waals surface area contributed by atoms with Crippen molar-refractivity contribution in [2.24, 2.45) is 0 Å². The zero-order valence-electron chi connectivity index (χ0n) is 10.1. The van der Waals surface area contributed by atoms with Crippen LogP contribution >= 0.6 is 0 Å². The third-order valence-electron chi connectivity index (χ3n) is 2.41. The molecular weight excluding hydrogens is 226 g/mol. The van der Waals surface area contributed by atoms with E-state index in [1.165, 1.54) is 4.90 Å². The van der Waals surface area contributed by atoms with Gasteiger partial charge in [-0.3, -0.25) is 4.79 Å². The third kappa shape index (κ3) is 3.26. The molecule has 0 spiro atoms. The number of amides is 1. The SMILES string of the molecule is CN(Cc1ccco1)C(=O)C#Cc1ccccc1. The van der Waals surface area contributed by atoms with Crippen molar-refractivity contribution < 1.29 is 9.21 Å². The Labute approximate surface area is 106 Å². The third-order valence-corrected chi connectivity index (χ3v) is 2.41. The number of carbonyl (C=O) groups excluding carboxylic acids is 1. The van der Waals surface area contributed by atoms with E-state index < -0.39 is 0 Å². The summed E-state index contributed by atoms with van der Waals surface area (Å²) in [6.45, 7) is 0.426. The van der Waals surface area contributed by atoms with Gasteiger partial charge in [-0.2, -0.15) is 0 Å². The van der Waals surface area contributed by atoms with Crippen LogP contribution in [0.1, 0.15) is 11.3 Å². The fourth-order valence-electron chi connectivity index (χ4n) is 1.45. The number of hydrogen-bond acceptors (Lipinski definition) is 2. The first-order chi connectivity index (χ1) is 8.75. The molecule has 1 aromatic heterocycles. The van der Waals surface area contributed by atoms with E-state index in [1.807, 2.05) is 36.4 Å². The van der Waals surface area contributed by atoms with Gasteiger partial charge in [-0.1, -0.05) is 24.1 Å². The van der Waals surface area contributed by atoms with Gasteiger partial charge in [-0.05, 0) is 24.3 Å². The number of carbonyl (C=O) groups is 1. The van der Waals surface area contributed by atoms with Crippen molar-refractivity contribution >= 4 is 5.91 Å². The predicted octanol–water partition coefficient (Wildman–Crippen LogP) is 2.29. The first kappa shape index (κ1) is 12.0. The van der Waals surface area contributed by atoms with Crippen LogP contribution in [0.15, 0.2) is 53.1 Å². The van der Waals surface area contributed by atoms with Crippen LogP contribution < -0.4 is 0 Å².